The van der Waals surface area contributed by atoms with E-state index in [1.165, 1.54) is 10.8 Å². The van der Waals surface area contributed by atoms with Crippen molar-refractivity contribution >= 4 is 16.7 Å². The minimum atomic E-state index is 0.178. The lowest BCUT2D eigenvalue weighted by atomic mass is 9.97. The van der Waals surface area contributed by atoms with Crippen LogP contribution < -0.4 is 10.6 Å². The molecule has 20 heavy (non-hydrogen) atoms. The second kappa shape index (κ2) is 6.06. The maximum atomic E-state index is 12.1. The summed E-state index contributed by atoms with van der Waals surface area (Å²) in [5, 5.41) is 8.81. The number of hydrogen-bond acceptors (Lipinski definition) is 2. The van der Waals surface area contributed by atoms with Crippen LogP contribution in [0.1, 0.15) is 18.4 Å². The average Bonchev–Trinajstić information content (AvgIpc) is 2.53. The zero-order chi connectivity index (χ0) is 13.8. The number of fused-ring (bicyclic) bond motifs is 1. The highest BCUT2D eigenvalue weighted by Gasteiger charge is 2.20. The van der Waals surface area contributed by atoms with Crippen molar-refractivity contribution in [3.8, 4) is 0 Å². The van der Waals surface area contributed by atoms with Crippen LogP contribution in [-0.4, -0.2) is 19.0 Å². The van der Waals surface area contributed by atoms with Crippen LogP contribution in [0.2, 0.25) is 0 Å². The van der Waals surface area contributed by atoms with E-state index < -0.39 is 0 Å². The van der Waals surface area contributed by atoms with Crippen molar-refractivity contribution in [2.24, 2.45) is 5.92 Å². The largest absolute Gasteiger partial charge is 0.352 e. The van der Waals surface area contributed by atoms with E-state index in [2.05, 4.69) is 41.0 Å². The third-order valence-electron chi connectivity index (χ3n) is 3.99. The van der Waals surface area contributed by atoms with Gasteiger partial charge in [-0.1, -0.05) is 36.4 Å². The number of piperidine rings is 1. The molecule has 0 bridgehead atoms. The van der Waals surface area contributed by atoms with Crippen LogP contribution in [0.25, 0.3) is 10.8 Å². The van der Waals surface area contributed by atoms with Gasteiger partial charge in [0.05, 0.1) is 0 Å². The summed E-state index contributed by atoms with van der Waals surface area (Å²) >= 11 is 0. The molecule has 0 saturated carbocycles. The molecule has 0 atom stereocenters. The Bertz CT molecular complexity index is 603. The van der Waals surface area contributed by atoms with Crippen molar-refractivity contribution in [1.82, 2.24) is 10.6 Å². The van der Waals surface area contributed by atoms with Gasteiger partial charge in [0.15, 0.2) is 0 Å². The van der Waals surface area contributed by atoms with Gasteiger partial charge < -0.3 is 10.6 Å². The first kappa shape index (κ1) is 13.1. The molecule has 1 aliphatic rings. The zero-order valence-electron chi connectivity index (χ0n) is 11.6. The van der Waals surface area contributed by atoms with Crippen LogP contribution >= 0.6 is 0 Å². The predicted molar refractivity (Wildman–Crippen MR) is 81.4 cm³/mol. The van der Waals surface area contributed by atoms with E-state index in [9.17, 15) is 4.79 Å². The average molecular weight is 268 g/mol. The predicted octanol–water partition coefficient (Wildman–Crippen LogP) is 2.46. The Kier molecular flexibility index (Phi) is 3.97. The first-order valence-electron chi connectivity index (χ1n) is 7.29. The Morgan fingerprint density at radius 2 is 1.85 bits per heavy atom. The van der Waals surface area contributed by atoms with Gasteiger partial charge in [0.25, 0.3) is 0 Å². The van der Waals surface area contributed by atoms with E-state index >= 15 is 0 Å². The maximum absolute atomic E-state index is 12.1. The molecule has 3 nitrogen and oxygen atoms in total. The third kappa shape index (κ3) is 2.99. The van der Waals surface area contributed by atoms with E-state index in [1.807, 2.05) is 12.1 Å². The molecule has 0 aromatic heterocycles. The molecule has 0 radical (unpaired) electrons. The van der Waals surface area contributed by atoms with Gasteiger partial charge in [-0.25, -0.2) is 0 Å². The van der Waals surface area contributed by atoms with Crippen LogP contribution in [0.5, 0.6) is 0 Å². The third-order valence-corrected chi connectivity index (χ3v) is 3.99. The molecule has 1 saturated heterocycles. The molecule has 2 N–H and O–H groups in total. The molecule has 1 fully saturated rings. The minimum Gasteiger partial charge on any atom is -0.352 e. The van der Waals surface area contributed by atoms with Crippen molar-refractivity contribution in [2.75, 3.05) is 13.1 Å². The SMILES string of the molecule is O=C(NCc1ccc2ccccc2c1)C1CCNCC1. The Morgan fingerprint density at radius 3 is 2.65 bits per heavy atom. The molecular formula is C17H20N2O. The molecule has 104 valence electrons. The summed E-state index contributed by atoms with van der Waals surface area (Å²) in [6.07, 6.45) is 1.90. The molecule has 2 aromatic carbocycles. The van der Waals surface area contributed by atoms with Crippen LogP contribution in [-0.2, 0) is 11.3 Å². The van der Waals surface area contributed by atoms with Crippen LogP contribution in [0, 0.1) is 5.92 Å². The zero-order valence-corrected chi connectivity index (χ0v) is 11.6. The fourth-order valence-corrected chi connectivity index (χ4v) is 2.77. The molecule has 0 unspecified atom stereocenters. The molecule has 1 amide bonds. The van der Waals surface area contributed by atoms with E-state index in [4.69, 9.17) is 0 Å². The number of hydrogen-bond donors (Lipinski definition) is 2. The van der Waals surface area contributed by atoms with Crippen molar-refractivity contribution in [3.05, 3.63) is 48.0 Å². The summed E-state index contributed by atoms with van der Waals surface area (Å²) in [6.45, 7) is 2.52. The maximum Gasteiger partial charge on any atom is 0.223 e. The van der Waals surface area contributed by atoms with Crippen molar-refractivity contribution in [3.63, 3.8) is 0 Å². The monoisotopic (exact) mass is 268 g/mol. The van der Waals surface area contributed by atoms with Crippen LogP contribution in [0.15, 0.2) is 42.5 Å². The number of rotatable bonds is 3. The molecular weight excluding hydrogens is 248 g/mol. The molecule has 1 heterocycles. The lowest BCUT2D eigenvalue weighted by Gasteiger charge is -2.21. The van der Waals surface area contributed by atoms with Gasteiger partial charge in [-0.2, -0.15) is 0 Å². The fourth-order valence-electron chi connectivity index (χ4n) is 2.77. The molecule has 1 aliphatic heterocycles. The summed E-state index contributed by atoms with van der Waals surface area (Å²) in [5.41, 5.74) is 1.16. The van der Waals surface area contributed by atoms with E-state index in [-0.39, 0.29) is 11.8 Å². The highest BCUT2D eigenvalue weighted by molar-refractivity contribution is 5.83. The standard InChI is InChI=1S/C17H20N2O/c20-17(15-7-9-18-10-8-15)19-12-13-5-6-14-3-1-2-4-16(14)11-13/h1-6,11,15,18H,7-10,12H2,(H,19,20). The fraction of sp³-hybridized carbons (Fsp3) is 0.353. The van der Waals surface area contributed by atoms with Crippen molar-refractivity contribution < 1.29 is 4.79 Å². The highest BCUT2D eigenvalue weighted by Crippen LogP contribution is 2.16. The molecule has 3 heteroatoms. The lowest BCUT2D eigenvalue weighted by Crippen LogP contribution is -2.37. The smallest absolute Gasteiger partial charge is 0.223 e. The van der Waals surface area contributed by atoms with E-state index in [1.54, 1.807) is 0 Å². The highest BCUT2D eigenvalue weighted by atomic mass is 16.1. The summed E-state index contributed by atoms with van der Waals surface area (Å²) in [5.74, 6) is 0.372. The summed E-state index contributed by atoms with van der Waals surface area (Å²) in [6, 6.07) is 14.6. The van der Waals surface area contributed by atoms with Gasteiger partial charge >= 0.3 is 0 Å². The molecule has 0 spiro atoms. The first-order valence-corrected chi connectivity index (χ1v) is 7.29. The first-order chi connectivity index (χ1) is 9.83. The number of carbonyl (C=O) groups is 1. The van der Waals surface area contributed by atoms with Crippen molar-refractivity contribution in [2.45, 2.75) is 19.4 Å². The van der Waals surface area contributed by atoms with Gasteiger partial charge in [0.2, 0.25) is 5.91 Å². The number of benzene rings is 2. The summed E-state index contributed by atoms with van der Waals surface area (Å²) < 4.78 is 0. The Morgan fingerprint density at radius 1 is 1.10 bits per heavy atom. The second-order valence-corrected chi connectivity index (χ2v) is 5.42. The summed E-state index contributed by atoms with van der Waals surface area (Å²) in [4.78, 5) is 12.1. The Labute approximate surface area is 119 Å². The number of carbonyl (C=O) groups excluding carboxylic acids is 1. The topological polar surface area (TPSA) is 41.1 Å². The summed E-state index contributed by atoms with van der Waals surface area (Å²) in [7, 11) is 0. The van der Waals surface area contributed by atoms with Crippen molar-refractivity contribution in [1.29, 1.82) is 0 Å². The minimum absolute atomic E-state index is 0.178. The lowest BCUT2D eigenvalue weighted by molar-refractivity contribution is -0.125. The molecule has 0 aliphatic carbocycles. The Balaban J connectivity index is 1.62. The molecule has 2 aromatic rings. The van der Waals surface area contributed by atoms with Crippen LogP contribution in [0.4, 0.5) is 0 Å². The van der Waals surface area contributed by atoms with Gasteiger partial charge in [0.1, 0.15) is 0 Å². The van der Waals surface area contributed by atoms with Crippen LogP contribution in [0.3, 0.4) is 0 Å². The second-order valence-electron chi connectivity index (χ2n) is 5.42. The van der Waals surface area contributed by atoms with E-state index in [0.29, 0.717) is 6.54 Å². The van der Waals surface area contributed by atoms with Gasteiger partial charge in [-0.3, -0.25) is 4.79 Å². The Hall–Kier alpha value is -1.87. The number of amides is 1. The van der Waals surface area contributed by atoms with Gasteiger partial charge in [-0.05, 0) is 48.3 Å². The number of nitrogens with one attached hydrogen (secondary N) is 2. The van der Waals surface area contributed by atoms with Gasteiger partial charge in [-0.15, -0.1) is 0 Å². The quantitative estimate of drug-likeness (QED) is 0.898. The van der Waals surface area contributed by atoms with E-state index in [0.717, 1.165) is 31.5 Å². The molecule has 3 rings (SSSR count). The van der Waals surface area contributed by atoms with Gasteiger partial charge in [0, 0.05) is 12.5 Å². The normalized spacial score (nSPS) is 16.2.